The Balaban J connectivity index is 0.000000541. The van der Waals surface area contributed by atoms with Gasteiger partial charge in [0.1, 0.15) is 0 Å². The fourth-order valence-electron chi connectivity index (χ4n) is 1.49. The molecule has 118 valence electrons. The van der Waals surface area contributed by atoms with Crippen molar-refractivity contribution in [3.63, 3.8) is 0 Å². The van der Waals surface area contributed by atoms with E-state index in [9.17, 15) is 0 Å². The predicted octanol–water partition coefficient (Wildman–Crippen LogP) is 1.75. The Morgan fingerprint density at radius 1 is 1.45 bits per heavy atom. The van der Waals surface area contributed by atoms with Crippen LogP contribution in [0.5, 0.6) is 0 Å². The standard InChI is InChI=1S/C12H14ClN5.HNO3/c1-7-9-6-8(13)4-5-10(9)16-12(15-7)17-11(14)18(2)3;2-1(3)4/h4-6H,1-3H3,(H2,14,15,16,17);(H,2,3,4). The molecule has 0 aliphatic heterocycles. The summed E-state index contributed by atoms with van der Waals surface area (Å²) in [5.41, 5.74) is 7.37. The van der Waals surface area contributed by atoms with E-state index < -0.39 is 5.09 Å². The van der Waals surface area contributed by atoms with E-state index in [0.717, 1.165) is 16.6 Å². The smallest absolute Gasteiger partial charge is 0.291 e. The summed E-state index contributed by atoms with van der Waals surface area (Å²) in [5, 5.41) is 15.2. The largest absolute Gasteiger partial charge is 0.369 e. The molecule has 1 aromatic heterocycles. The normalized spacial score (nSPS) is 10.8. The first-order valence-corrected chi connectivity index (χ1v) is 6.37. The average Bonchev–Trinajstić information content (AvgIpc) is 2.39. The van der Waals surface area contributed by atoms with Gasteiger partial charge >= 0.3 is 0 Å². The average molecular weight is 327 g/mol. The highest BCUT2D eigenvalue weighted by Crippen LogP contribution is 2.22. The number of hydrogen-bond acceptors (Lipinski definition) is 5. The number of nitrogens with two attached hydrogens (primary N) is 1. The molecule has 0 spiro atoms. The molecular formula is C12H15ClN6O3. The number of aliphatic imine (C=N–C) groups is 1. The van der Waals surface area contributed by atoms with Crippen molar-refractivity contribution in [2.45, 2.75) is 6.92 Å². The molecule has 2 aromatic rings. The van der Waals surface area contributed by atoms with Gasteiger partial charge in [0.05, 0.1) is 11.2 Å². The zero-order valence-corrected chi connectivity index (χ0v) is 12.9. The number of halogens is 1. The lowest BCUT2D eigenvalue weighted by molar-refractivity contribution is -0.742. The van der Waals surface area contributed by atoms with Crippen molar-refractivity contribution in [3.05, 3.63) is 39.0 Å². The van der Waals surface area contributed by atoms with Crippen molar-refractivity contribution in [3.8, 4) is 0 Å². The molecule has 0 saturated carbocycles. The second-order valence-corrected chi connectivity index (χ2v) is 4.81. The fraction of sp³-hybridized carbons (Fsp3) is 0.250. The number of benzene rings is 1. The second-order valence-electron chi connectivity index (χ2n) is 4.37. The minimum absolute atomic E-state index is 0.355. The van der Waals surface area contributed by atoms with E-state index in [2.05, 4.69) is 15.0 Å². The highest BCUT2D eigenvalue weighted by Gasteiger charge is 2.05. The molecule has 22 heavy (non-hydrogen) atoms. The summed E-state index contributed by atoms with van der Waals surface area (Å²) in [7, 11) is 3.62. The van der Waals surface area contributed by atoms with Crippen molar-refractivity contribution in [1.82, 2.24) is 14.9 Å². The molecule has 9 nitrogen and oxygen atoms in total. The van der Waals surface area contributed by atoms with Crippen LogP contribution in [0.15, 0.2) is 23.2 Å². The molecular weight excluding hydrogens is 312 g/mol. The highest BCUT2D eigenvalue weighted by molar-refractivity contribution is 6.31. The Labute approximate surface area is 131 Å². The van der Waals surface area contributed by atoms with Crippen LogP contribution in [0.2, 0.25) is 5.02 Å². The maximum Gasteiger partial charge on any atom is 0.291 e. The molecule has 0 amide bonds. The van der Waals surface area contributed by atoms with Crippen molar-refractivity contribution in [1.29, 1.82) is 0 Å². The number of hydrogen-bond donors (Lipinski definition) is 2. The van der Waals surface area contributed by atoms with Gasteiger partial charge in [-0.15, -0.1) is 10.1 Å². The maximum atomic E-state index is 8.36. The van der Waals surface area contributed by atoms with Gasteiger partial charge in [0.25, 0.3) is 11.0 Å². The monoisotopic (exact) mass is 326 g/mol. The number of nitrogens with zero attached hydrogens (tertiary/aromatic N) is 5. The van der Waals surface area contributed by atoms with E-state index in [1.807, 2.05) is 33.2 Å². The van der Waals surface area contributed by atoms with Crippen LogP contribution in [0.25, 0.3) is 10.9 Å². The van der Waals surface area contributed by atoms with Gasteiger partial charge in [-0.05, 0) is 25.1 Å². The summed E-state index contributed by atoms with van der Waals surface area (Å²) < 4.78 is 0. The van der Waals surface area contributed by atoms with Crippen LogP contribution in [0, 0.1) is 17.0 Å². The molecule has 0 saturated heterocycles. The topological polar surface area (TPSA) is 131 Å². The second kappa shape index (κ2) is 7.36. The molecule has 0 unspecified atom stereocenters. The Morgan fingerprint density at radius 2 is 2.05 bits per heavy atom. The van der Waals surface area contributed by atoms with Gasteiger partial charge in [-0.1, -0.05) is 11.6 Å². The number of rotatable bonds is 1. The van der Waals surface area contributed by atoms with Crippen molar-refractivity contribution >= 4 is 34.4 Å². The quantitative estimate of drug-likeness (QED) is 0.353. The summed E-state index contributed by atoms with van der Waals surface area (Å²) in [6.07, 6.45) is 0. The number of fused-ring (bicyclic) bond motifs is 1. The minimum Gasteiger partial charge on any atom is -0.369 e. The molecule has 3 N–H and O–H groups in total. The minimum atomic E-state index is -1.50. The molecule has 1 heterocycles. The molecule has 1 aromatic carbocycles. The van der Waals surface area contributed by atoms with Crippen LogP contribution in [0.4, 0.5) is 5.95 Å². The van der Waals surface area contributed by atoms with Crippen LogP contribution in [0.1, 0.15) is 5.69 Å². The van der Waals surface area contributed by atoms with E-state index in [1.54, 1.807) is 11.0 Å². The van der Waals surface area contributed by atoms with Gasteiger partial charge in [0.2, 0.25) is 0 Å². The summed E-state index contributed by atoms with van der Waals surface area (Å²) in [6.45, 7) is 1.89. The molecule has 0 radical (unpaired) electrons. The van der Waals surface area contributed by atoms with Crippen LogP contribution in [-0.2, 0) is 0 Å². The third kappa shape index (κ3) is 5.02. The Morgan fingerprint density at radius 3 is 2.59 bits per heavy atom. The van der Waals surface area contributed by atoms with E-state index in [-0.39, 0.29) is 0 Å². The molecule has 0 aliphatic carbocycles. The summed E-state index contributed by atoms with van der Waals surface area (Å²) in [5.74, 6) is 0.719. The Kier molecular flexibility index (Phi) is 5.81. The van der Waals surface area contributed by atoms with Crippen LogP contribution in [-0.4, -0.2) is 45.2 Å². The van der Waals surface area contributed by atoms with Crippen LogP contribution in [0.3, 0.4) is 0 Å². The van der Waals surface area contributed by atoms with E-state index in [0.29, 0.717) is 16.9 Å². The van der Waals surface area contributed by atoms with Crippen molar-refractivity contribution in [2.75, 3.05) is 14.1 Å². The number of guanidine groups is 1. The van der Waals surface area contributed by atoms with Crippen LogP contribution >= 0.6 is 11.6 Å². The van der Waals surface area contributed by atoms with Gasteiger partial charge in [-0.3, -0.25) is 0 Å². The number of aromatic nitrogens is 2. The van der Waals surface area contributed by atoms with E-state index >= 15 is 0 Å². The first kappa shape index (κ1) is 17.4. The van der Waals surface area contributed by atoms with Gasteiger partial charge in [0, 0.05) is 24.5 Å². The molecule has 0 bridgehead atoms. The predicted molar refractivity (Wildman–Crippen MR) is 83.0 cm³/mol. The van der Waals surface area contributed by atoms with E-state index in [4.69, 9.17) is 32.7 Å². The molecule has 10 heteroatoms. The van der Waals surface area contributed by atoms with Gasteiger partial charge < -0.3 is 15.8 Å². The lowest BCUT2D eigenvalue weighted by Gasteiger charge is -2.10. The third-order valence-electron chi connectivity index (χ3n) is 2.51. The SMILES string of the molecule is Cc1nc(/N=C(/N)N(C)C)nc2ccc(Cl)cc12.O=[N+]([O-])O. The zero-order chi connectivity index (χ0) is 16.9. The van der Waals surface area contributed by atoms with Gasteiger partial charge in [0.15, 0.2) is 5.96 Å². The first-order valence-electron chi connectivity index (χ1n) is 5.99. The summed E-state index contributed by atoms with van der Waals surface area (Å²) in [6, 6.07) is 5.48. The lowest BCUT2D eigenvalue weighted by atomic mass is 10.2. The van der Waals surface area contributed by atoms with E-state index in [1.165, 1.54) is 0 Å². The molecule has 0 atom stereocenters. The van der Waals surface area contributed by atoms with Gasteiger partial charge in [-0.2, -0.15) is 4.99 Å². The third-order valence-corrected chi connectivity index (χ3v) is 2.74. The number of aryl methyl sites for hydroxylation is 1. The van der Waals surface area contributed by atoms with Crippen molar-refractivity contribution in [2.24, 2.45) is 10.7 Å². The molecule has 0 fully saturated rings. The Hall–Kier alpha value is -2.68. The summed E-state index contributed by atoms with van der Waals surface area (Å²) in [4.78, 5) is 22.9. The molecule has 2 rings (SSSR count). The zero-order valence-electron chi connectivity index (χ0n) is 12.2. The van der Waals surface area contributed by atoms with Crippen molar-refractivity contribution < 1.29 is 10.3 Å². The van der Waals surface area contributed by atoms with Crippen LogP contribution < -0.4 is 5.73 Å². The maximum absolute atomic E-state index is 8.36. The summed E-state index contributed by atoms with van der Waals surface area (Å²) >= 11 is 5.95. The highest BCUT2D eigenvalue weighted by atomic mass is 35.5. The fourth-order valence-corrected chi connectivity index (χ4v) is 1.66. The molecule has 0 aliphatic rings. The lowest BCUT2D eigenvalue weighted by Crippen LogP contribution is -2.30. The first-order chi connectivity index (χ1) is 10.2. The Bertz CT molecular complexity index is 715. The van der Waals surface area contributed by atoms with Gasteiger partial charge in [-0.25, -0.2) is 9.97 Å².